The molecule has 0 atom stereocenters. The Hall–Kier alpha value is -2.74. The molecule has 0 unspecified atom stereocenters. The first-order valence-electron chi connectivity index (χ1n) is 9.60. The van der Waals surface area contributed by atoms with Crippen LogP contribution >= 0.6 is 0 Å². The van der Waals surface area contributed by atoms with Gasteiger partial charge < -0.3 is 4.90 Å². The fraction of sp³-hybridized carbons (Fsp3) is 0.318. The second-order valence-corrected chi connectivity index (χ2v) is 7.42. The Kier molecular flexibility index (Phi) is 5.36. The highest BCUT2D eigenvalue weighted by atomic mass is 19.4. The second-order valence-electron chi connectivity index (χ2n) is 7.42. The molecule has 1 aromatic heterocycles. The summed E-state index contributed by atoms with van der Waals surface area (Å²) < 4.78 is 65.2. The molecule has 0 radical (unpaired) electrons. The third-order valence-electron chi connectivity index (χ3n) is 5.38. The van der Waals surface area contributed by atoms with Crippen molar-refractivity contribution in [2.75, 3.05) is 31.1 Å². The fourth-order valence-corrected chi connectivity index (χ4v) is 3.71. The van der Waals surface area contributed by atoms with E-state index in [0.29, 0.717) is 25.2 Å². The lowest BCUT2D eigenvalue weighted by molar-refractivity contribution is -0.289. The summed E-state index contributed by atoms with van der Waals surface area (Å²) in [6.07, 6.45) is -3.85. The molecule has 0 saturated carbocycles. The first-order chi connectivity index (χ1) is 14.2. The minimum absolute atomic E-state index is 0.331. The molecule has 2 heterocycles. The minimum Gasteiger partial charge on any atom is -0.369 e. The predicted molar refractivity (Wildman–Crippen MR) is 106 cm³/mol. The summed E-state index contributed by atoms with van der Waals surface area (Å²) in [7, 11) is 0. The molecule has 4 rings (SSSR count). The van der Waals surface area contributed by atoms with E-state index in [2.05, 4.69) is 20.9 Å². The molecule has 30 heavy (non-hydrogen) atoms. The number of fused-ring (bicyclic) bond motifs is 1. The van der Waals surface area contributed by atoms with Gasteiger partial charge in [0.05, 0.1) is 5.52 Å². The zero-order valence-electron chi connectivity index (χ0n) is 16.0. The molecule has 2 aromatic carbocycles. The van der Waals surface area contributed by atoms with Crippen LogP contribution in [0.2, 0.25) is 0 Å². The fourth-order valence-electron chi connectivity index (χ4n) is 3.71. The molecule has 3 aromatic rings. The van der Waals surface area contributed by atoms with Crippen LogP contribution in [0.1, 0.15) is 11.1 Å². The molecule has 0 aliphatic carbocycles. The van der Waals surface area contributed by atoms with Gasteiger partial charge in [0.15, 0.2) is 0 Å². The van der Waals surface area contributed by atoms with Gasteiger partial charge in [-0.3, -0.25) is 9.88 Å². The average molecular weight is 421 g/mol. The van der Waals surface area contributed by atoms with E-state index in [1.807, 2.05) is 24.3 Å². The van der Waals surface area contributed by atoms with E-state index in [4.69, 9.17) is 0 Å². The van der Waals surface area contributed by atoms with E-state index < -0.39 is 17.7 Å². The monoisotopic (exact) mass is 421 g/mol. The van der Waals surface area contributed by atoms with E-state index in [0.717, 1.165) is 41.8 Å². The highest BCUT2D eigenvalue weighted by Crippen LogP contribution is 2.44. The topological polar surface area (TPSA) is 19.4 Å². The maximum Gasteiger partial charge on any atom is 0.458 e. The zero-order valence-corrected chi connectivity index (χ0v) is 16.0. The van der Waals surface area contributed by atoms with Crippen LogP contribution in [0.4, 0.5) is 27.6 Å². The smallest absolute Gasteiger partial charge is 0.369 e. The van der Waals surface area contributed by atoms with Gasteiger partial charge in [-0.05, 0) is 35.9 Å². The van der Waals surface area contributed by atoms with E-state index in [-0.39, 0.29) is 0 Å². The number of hydrogen-bond donors (Lipinski definition) is 0. The van der Waals surface area contributed by atoms with Crippen LogP contribution < -0.4 is 4.90 Å². The summed E-state index contributed by atoms with van der Waals surface area (Å²) in [6.45, 7) is 3.18. The average Bonchev–Trinajstić information content (AvgIpc) is 2.73. The standard InChI is InChI=1S/C22H20F5N3/c23-21(24,22(25,26)27)18-5-1-3-16(13-18)15-29-9-11-30(12-10-29)19-6-7-20-17(14-19)4-2-8-28-20/h1-8,13-14H,9-12,15H2. The molecule has 1 fully saturated rings. The van der Waals surface area contributed by atoms with Gasteiger partial charge >= 0.3 is 12.1 Å². The van der Waals surface area contributed by atoms with Crippen molar-refractivity contribution in [3.05, 3.63) is 71.9 Å². The number of piperazine rings is 1. The third kappa shape index (κ3) is 4.09. The SMILES string of the molecule is FC(F)(F)C(F)(F)c1cccc(CN2CCN(c3ccc4ncccc4c3)CC2)c1. The summed E-state index contributed by atoms with van der Waals surface area (Å²) in [6, 6.07) is 14.6. The number of nitrogens with zero attached hydrogens (tertiary/aromatic N) is 3. The van der Waals surface area contributed by atoms with Gasteiger partial charge in [0.2, 0.25) is 0 Å². The van der Waals surface area contributed by atoms with Crippen LogP contribution in [0.3, 0.4) is 0 Å². The predicted octanol–water partition coefficient (Wildman–Crippen LogP) is 5.21. The van der Waals surface area contributed by atoms with Crippen molar-refractivity contribution in [3.63, 3.8) is 0 Å². The van der Waals surface area contributed by atoms with E-state index >= 15 is 0 Å². The molecule has 3 nitrogen and oxygen atoms in total. The third-order valence-corrected chi connectivity index (χ3v) is 5.38. The Morgan fingerprint density at radius 1 is 0.833 bits per heavy atom. The van der Waals surface area contributed by atoms with Crippen molar-refractivity contribution < 1.29 is 22.0 Å². The number of pyridine rings is 1. The van der Waals surface area contributed by atoms with Crippen LogP contribution in [-0.2, 0) is 12.5 Å². The summed E-state index contributed by atoms with van der Waals surface area (Å²) in [5.74, 6) is -4.85. The molecule has 1 saturated heterocycles. The molecule has 0 bridgehead atoms. The maximum atomic E-state index is 13.6. The molecular weight excluding hydrogens is 401 g/mol. The number of aromatic nitrogens is 1. The lowest BCUT2D eigenvalue weighted by atomic mass is 10.0. The normalized spacial score (nSPS) is 16.2. The van der Waals surface area contributed by atoms with Gasteiger partial charge in [-0.25, -0.2) is 0 Å². The second kappa shape index (κ2) is 7.83. The molecular formula is C22H20F5N3. The van der Waals surface area contributed by atoms with Crippen molar-refractivity contribution in [2.24, 2.45) is 0 Å². The Balaban J connectivity index is 1.41. The largest absolute Gasteiger partial charge is 0.458 e. The first kappa shape index (κ1) is 20.5. The first-order valence-corrected chi connectivity index (χ1v) is 9.60. The van der Waals surface area contributed by atoms with Crippen LogP contribution in [0.25, 0.3) is 10.9 Å². The van der Waals surface area contributed by atoms with E-state index in [9.17, 15) is 22.0 Å². The van der Waals surface area contributed by atoms with E-state index in [1.165, 1.54) is 6.07 Å². The van der Waals surface area contributed by atoms with Crippen LogP contribution in [0.15, 0.2) is 60.8 Å². The lowest BCUT2D eigenvalue weighted by Crippen LogP contribution is -2.46. The summed E-state index contributed by atoms with van der Waals surface area (Å²) in [4.78, 5) is 8.61. The van der Waals surface area contributed by atoms with Crippen molar-refractivity contribution in [3.8, 4) is 0 Å². The Labute approximate surface area is 170 Å². The molecule has 1 aliphatic heterocycles. The molecule has 0 spiro atoms. The summed E-state index contributed by atoms with van der Waals surface area (Å²) in [5, 5.41) is 1.06. The number of halogens is 5. The molecule has 1 aliphatic rings. The minimum atomic E-state index is -5.60. The zero-order chi connectivity index (χ0) is 21.4. The lowest BCUT2D eigenvalue weighted by Gasteiger charge is -2.36. The maximum absolute atomic E-state index is 13.6. The van der Waals surface area contributed by atoms with Crippen molar-refractivity contribution in [1.82, 2.24) is 9.88 Å². The molecule has 8 heteroatoms. The Morgan fingerprint density at radius 2 is 1.60 bits per heavy atom. The van der Waals surface area contributed by atoms with Crippen LogP contribution in [0.5, 0.6) is 0 Å². The highest BCUT2D eigenvalue weighted by molar-refractivity contribution is 5.82. The van der Waals surface area contributed by atoms with Crippen molar-refractivity contribution in [1.29, 1.82) is 0 Å². The van der Waals surface area contributed by atoms with Gasteiger partial charge in [0, 0.05) is 55.6 Å². The molecule has 0 amide bonds. The number of rotatable bonds is 4. The van der Waals surface area contributed by atoms with Gasteiger partial charge in [0.1, 0.15) is 0 Å². The van der Waals surface area contributed by atoms with Gasteiger partial charge in [-0.2, -0.15) is 22.0 Å². The van der Waals surface area contributed by atoms with Crippen molar-refractivity contribution in [2.45, 2.75) is 18.6 Å². The van der Waals surface area contributed by atoms with Gasteiger partial charge in [0.25, 0.3) is 0 Å². The number of alkyl halides is 5. The number of hydrogen-bond acceptors (Lipinski definition) is 3. The van der Waals surface area contributed by atoms with Crippen LogP contribution in [-0.4, -0.2) is 42.2 Å². The Morgan fingerprint density at radius 3 is 2.33 bits per heavy atom. The number of benzene rings is 2. The van der Waals surface area contributed by atoms with E-state index in [1.54, 1.807) is 12.3 Å². The summed E-state index contributed by atoms with van der Waals surface area (Å²) >= 11 is 0. The van der Waals surface area contributed by atoms with Crippen LogP contribution in [0, 0.1) is 0 Å². The number of anilines is 1. The summed E-state index contributed by atoms with van der Waals surface area (Å²) in [5.41, 5.74) is 1.44. The molecule has 0 N–H and O–H groups in total. The molecule has 158 valence electrons. The van der Waals surface area contributed by atoms with Crippen molar-refractivity contribution >= 4 is 16.6 Å². The highest BCUT2D eigenvalue weighted by Gasteiger charge is 2.58. The van der Waals surface area contributed by atoms with Gasteiger partial charge in [-0.15, -0.1) is 0 Å². The quantitative estimate of drug-likeness (QED) is 0.539. The Bertz CT molecular complexity index is 1030. The van der Waals surface area contributed by atoms with Gasteiger partial charge in [-0.1, -0.05) is 24.3 Å².